The van der Waals surface area contributed by atoms with E-state index < -0.39 is 0 Å². The lowest BCUT2D eigenvalue weighted by molar-refractivity contribution is 0.0201. The molecular weight excluding hydrogens is 256 g/mol. The molecule has 2 heterocycles. The Hall–Kier alpha value is -0.450. The summed E-state index contributed by atoms with van der Waals surface area (Å²) in [6, 6.07) is 0.583. The Labute approximate surface area is 119 Å². The Morgan fingerprint density at radius 1 is 1.32 bits per heavy atom. The summed E-state index contributed by atoms with van der Waals surface area (Å²) in [5, 5.41) is 13.6. The summed E-state index contributed by atoms with van der Waals surface area (Å²) in [7, 11) is 0. The lowest BCUT2D eigenvalue weighted by Crippen LogP contribution is -2.42. The number of aryl methyl sites for hydroxylation is 1. The number of aromatic nitrogens is 1. The molecule has 1 aromatic heterocycles. The summed E-state index contributed by atoms with van der Waals surface area (Å²) in [5.74, 6) is 0.498. The second-order valence-electron chi connectivity index (χ2n) is 6.08. The topological polar surface area (TPSA) is 36.4 Å². The fraction of sp³-hybridized carbons (Fsp3) is 0.800. The largest absolute Gasteiger partial charge is 0.393 e. The summed E-state index contributed by atoms with van der Waals surface area (Å²) < 4.78 is 0. The molecule has 3 nitrogen and oxygen atoms in total. The molecule has 0 radical (unpaired) electrons. The van der Waals surface area contributed by atoms with Crippen LogP contribution in [0.25, 0.3) is 0 Å². The number of rotatable bonds is 3. The van der Waals surface area contributed by atoms with Crippen molar-refractivity contribution >= 4 is 11.3 Å². The average Bonchev–Trinajstić information content (AvgIpc) is 3.00. The Morgan fingerprint density at radius 2 is 2.16 bits per heavy atom. The molecule has 0 amide bonds. The fourth-order valence-electron chi connectivity index (χ4n) is 3.77. The second-order valence-corrected chi connectivity index (χ2v) is 7.02. The van der Waals surface area contributed by atoms with Gasteiger partial charge in [-0.3, -0.25) is 4.90 Å². The van der Waals surface area contributed by atoms with Crippen LogP contribution in [0.4, 0.5) is 0 Å². The number of hydrogen-bond acceptors (Lipinski definition) is 4. The van der Waals surface area contributed by atoms with E-state index in [4.69, 9.17) is 0 Å². The van der Waals surface area contributed by atoms with Gasteiger partial charge in [-0.1, -0.05) is 12.8 Å². The maximum absolute atomic E-state index is 10.3. The van der Waals surface area contributed by atoms with E-state index in [-0.39, 0.29) is 6.10 Å². The lowest BCUT2D eigenvalue weighted by atomic mass is 9.80. The Kier molecular flexibility index (Phi) is 4.20. The maximum atomic E-state index is 10.3. The third kappa shape index (κ3) is 3.01. The van der Waals surface area contributed by atoms with Gasteiger partial charge in [0.25, 0.3) is 0 Å². The van der Waals surface area contributed by atoms with Crippen molar-refractivity contribution in [1.82, 2.24) is 9.88 Å². The van der Waals surface area contributed by atoms with Crippen LogP contribution in [0.3, 0.4) is 0 Å². The number of thiazole rings is 1. The van der Waals surface area contributed by atoms with E-state index in [1.165, 1.54) is 43.7 Å². The predicted octanol–water partition coefficient (Wildman–Crippen LogP) is 2.97. The van der Waals surface area contributed by atoms with Gasteiger partial charge in [0.05, 0.1) is 12.6 Å². The monoisotopic (exact) mass is 280 g/mol. The number of nitrogens with zero attached hydrogens (tertiary/aromatic N) is 2. The van der Waals surface area contributed by atoms with Crippen LogP contribution in [0.1, 0.15) is 49.2 Å². The molecule has 3 unspecified atom stereocenters. The second kappa shape index (κ2) is 5.90. The smallest absolute Gasteiger partial charge is 0.107 e. The molecule has 1 aliphatic heterocycles. The van der Waals surface area contributed by atoms with E-state index in [2.05, 4.69) is 22.2 Å². The molecule has 1 aromatic rings. The molecule has 2 fully saturated rings. The first-order valence-electron chi connectivity index (χ1n) is 7.57. The number of aliphatic hydroxyl groups excluding tert-OH is 1. The third-order valence-corrected chi connectivity index (χ3v) is 5.65. The van der Waals surface area contributed by atoms with Crippen molar-refractivity contribution in [2.75, 3.05) is 6.54 Å². The zero-order valence-electron chi connectivity index (χ0n) is 11.7. The molecule has 0 bridgehead atoms. The Morgan fingerprint density at radius 3 is 2.89 bits per heavy atom. The highest BCUT2D eigenvalue weighted by atomic mass is 32.1. The van der Waals surface area contributed by atoms with Gasteiger partial charge in [-0.2, -0.15) is 0 Å². The molecule has 1 aliphatic carbocycles. The van der Waals surface area contributed by atoms with Crippen molar-refractivity contribution < 1.29 is 5.11 Å². The molecule has 4 heteroatoms. The van der Waals surface area contributed by atoms with E-state index in [0.717, 1.165) is 18.7 Å². The first kappa shape index (κ1) is 13.5. The number of aliphatic hydroxyl groups is 1. The molecule has 0 aromatic carbocycles. The van der Waals surface area contributed by atoms with Crippen molar-refractivity contribution in [1.29, 1.82) is 0 Å². The molecule has 1 saturated carbocycles. The van der Waals surface area contributed by atoms with Crippen molar-refractivity contribution in [3.8, 4) is 0 Å². The summed E-state index contributed by atoms with van der Waals surface area (Å²) in [6.07, 6.45) is 7.17. The van der Waals surface area contributed by atoms with E-state index in [9.17, 15) is 5.11 Å². The molecule has 106 valence electrons. The van der Waals surface area contributed by atoms with Crippen molar-refractivity contribution in [2.24, 2.45) is 5.92 Å². The summed E-state index contributed by atoms with van der Waals surface area (Å²) in [6.45, 7) is 4.21. The summed E-state index contributed by atoms with van der Waals surface area (Å²) >= 11 is 1.77. The van der Waals surface area contributed by atoms with Gasteiger partial charge in [0.15, 0.2) is 0 Å². The first-order chi connectivity index (χ1) is 9.24. The van der Waals surface area contributed by atoms with Crippen LogP contribution >= 0.6 is 11.3 Å². The van der Waals surface area contributed by atoms with Crippen LogP contribution in [-0.4, -0.2) is 33.7 Å². The minimum absolute atomic E-state index is 0.0719. The fourth-order valence-corrected chi connectivity index (χ4v) is 4.57. The van der Waals surface area contributed by atoms with Crippen LogP contribution < -0.4 is 0 Å². The van der Waals surface area contributed by atoms with Crippen LogP contribution in [-0.2, 0) is 6.54 Å². The SMILES string of the molecule is Cc1csc(CN2CCCC2C2CCCCC2O)n1. The predicted molar refractivity (Wildman–Crippen MR) is 78.2 cm³/mol. The van der Waals surface area contributed by atoms with Crippen LogP contribution in [0.2, 0.25) is 0 Å². The molecule has 1 N–H and O–H groups in total. The standard InChI is InChI=1S/C15H24N2OS/c1-11-10-19-15(16-11)9-17-8-4-6-13(17)12-5-2-3-7-14(12)18/h10,12-14,18H,2-9H2,1H3. The zero-order valence-corrected chi connectivity index (χ0v) is 12.5. The van der Waals surface area contributed by atoms with E-state index in [1.54, 1.807) is 11.3 Å². The van der Waals surface area contributed by atoms with Crippen molar-refractivity contribution in [2.45, 2.75) is 64.1 Å². The molecule has 3 rings (SSSR count). The van der Waals surface area contributed by atoms with Gasteiger partial charge >= 0.3 is 0 Å². The van der Waals surface area contributed by atoms with Crippen LogP contribution in [0.15, 0.2) is 5.38 Å². The van der Waals surface area contributed by atoms with Gasteiger partial charge in [-0.25, -0.2) is 4.98 Å². The zero-order chi connectivity index (χ0) is 13.2. The lowest BCUT2D eigenvalue weighted by Gasteiger charge is -2.37. The Balaban J connectivity index is 1.67. The number of likely N-dealkylation sites (tertiary alicyclic amines) is 1. The highest BCUT2D eigenvalue weighted by Crippen LogP contribution is 2.35. The maximum Gasteiger partial charge on any atom is 0.107 e. The third-order valence-electron chi connectivity index (χ3n) is 4.69. The first-order valence-corrected chi connectivity index (χ1v) is 8.45. The molecular formula is C15H24N2OS. The minimum Gasteiger partial charge on any atom is -0.393 e. The van der Waals surface area contributed by atoms with Gasteiger partial charge in [0.2, 0.25) is 0 Å². The van der Waals surface area contributed by atoms with Gasteiger partial charge in [-0.15, -0.1) is 11.3 Å². The summed E-state index contributed by atoms with van der Waals surface area (Å²) in [4.78, 5) is 7.15. The van der Waals surface area contributed by atoms with E-state index >= 15 is 0 Å². The minimum atomic E-state index is -0.0719. The normalized spacial score (nSPS) is 32.8. The van der Waals surface area contributed by atoms with Crippen LogP contribution in [0, 0.1) is 12.8 Å². The van der Waals surface area contributed by atoms with E-state index in [0.29, 0.717) is 12.0 Å². The van der Waals surface area contributed by atoms with Gasteiger partial charge in [-0.05, 0) is 39.2 Å². The highest BCUT2D eigenvalue weighted by Gasteiger charge is 2.36. The van der Waals surface area contributed by atoms with Gasteiger partial charge in [0, 0.05) is 23.0 Å². The van der Waals surface area contributed by atoms with Gasteiger partial charge < -0.3 is 5.11 Å². The Bertz CT molecular complexity index is 420. The average molecular weight is 280 g/mol. The molecule has 0 spiro atoms. The van der Waals surface area contributed by atoms with Crippen molar-refractivity contribution in [3.05, 3.63) is 16.1 Å². The molecule has 19 heavy (non-hydrogen) atoms. The van der Waals surface area contributed by atoms with Gasteiger partial charge in [0.1, 0.15) is 5.01 Å². The molecule has 1 saturated heterocycles. The quantitative estimate of drug-likeness (QED) is 0.925. The molecule has 2 aliphatic rings. The number of hydrogen-bond donors (Lipinski definition) is 1. The van der Waals surface area contributed by atoms with E-state index in [1.807, 2.05) is 0 Å². The molecule has 3 atom stereocenters. The summed E-state index contributed by atoms with van der Waals surface area (Å²) in [5.41, 5.74) is 1.13. The van der Waals surface area contributed by atoms with Crippen LogP contribution in [0.5, 0.6) is 0 Å². The highest BCUT2D eigenvalue weighted by molar-refractivity contribution is 7.09. The van der Waals surface area contributed by atoms with Crippen molar-refractivity contribution in [3.63, 3.8) is 0 Å².